The standard InChI is InChI=1S/C30H35F9N8/c1-7-25(43(3)18-26-40-10-11-42(26)2)24-9-8-21(28(31,32)33)14-20(24)17-47(27-41-45(5)46(6)44(27)4)16-19-12-22(29(34,35)36)15-23(13-19)30(37,38)39/h8-15,25H,7,16-18H2,1-6H3. The Morgan fingerprint density at radius 1 is 0.766 bits per heavy atom. The number of rotatable bonds is 9. The lowest BCUT2D eigenvalue weighted by Crippen LogP contribution is -2.46. The molecule has 1 aliphatic heterocycles. The topological polar surface area (TPSA) is 46.4 Å². The highest BCUT2D eigenvalue weighted by Crippen LogP contribution is 2.38. The molecule has 0 aliphatic carbocycles. The van der Waals surface area contributed by atoms with Crippen LogP contribution in [0, 0.1) is 0 Å². The van der Waals surface area contributed by atoms with Crippen molar-refractivity contribution in [2.45, 2.75) is 57.5 Å². The number of hydrazine groups is 2. The van der Waals surface area contributed by atoms with Gasteiger partial charge in [-0.15, -0.1) is 10.2 Å². The number of nitrogens with zero attached hydrogens (tertiary/aromatic N) is 8. The Morgan fingerprint density at radius 2 is 1.36 bits per heavy atom. The van der Waals surface area contributed by atoms with E-state index in [0.717, 1.165) is 12.1 Å². The van der Waals surface area contributed by atoms with Crippen molar-refractivity contribution >= 4 is 5.96 Å². The van der Waals surface area contributed by atoms with Gasteiger partial charge in [0.05, 0.1) is 23.2 Å². The van der Waals surface area contributed by atoms with Crippen LogP contribution >= 0.6 is 0 Å². The maximum absolute atomic E-state index is 14.0. The summed E-state index contributed by atoms with van der Waals surface area (Å²) in [5.41, 5.74) is -3.63. The number of aromatic nitrogens is 2. The first-order valence-electron chi connectivity index (χ1n) is 14.4. The number of hydrazone groups is 1. The normalized spacial score (nSPS) is 15.5. The number of benzene rings is 2. The number of imidazole rings is 1. The van der Waals surface area contributed by atoms with Gasteiger partial charge in [0.1, 0.15) is 5.82 Å². The molecule has 4 rings (SSSR count). The van der Waals surface area contributed by atoms with Crippen molar-refractivity contribution in [1.29, 1.82) is 0 Å². The largest absolute Gasteiger partial charge is 0.416 e. The van der Waals surface area contributed by atoms with E-state index in [4.69, 9.17) is 0 Å². The van der Waals surface area contributed by atoms with Crippen LogP contribution < -0.4 is 0 Å². The zero-order valence-corrected chi connectivity index (χ0v) is 26.5. The Morgan fingerprint density at radius 3 is 1.83 bits per heavy atom. The molecule has 258 valence electrons. The summed E-state index contributed by atoms with van der Waals surface area (Å²) >= 11 is 0. The molecule has 1 atom stereocenters. The maximum Gasteiger partial charge on any atom is 0.416 e. The second kappa shape index (κ2) is 13.3. The lowest BCUT2D eigenvalue weighted by molar-refractivity contribution is -0.143. The van der Waals surface area contributed by atoms with E-state index in [1.807, 2.05) is 23.4 Å². The fraction of sp³-hybridized carbons (Fsp3) is 0.467. The molecule has 0 radical (unpaired) electrons. The molecule has 2 aromatic carbocycles. The summed E-state index contributed by atoms with van der Waals surface area (Å²) in [5.74, 6) is 0.804. The average molecular weight is 679 g/mol. The minimum atomic E-state index is -5.08. The zero-order chi connectivity index (χ0) is 35.1. The molecule has 0 spiro atoms. The molecule has 1 aromatic heterocycles. The quantitative estimate of drug-likeness (QED) is 0.228. The lowest BCUT2D eigenvalue weighted by atomic mass is 9.94. The SMILES string of the molecule is CCC(c1ccc(C(F)(F)F)cc1CN(Cc1cc(C(F)(F)F)cc(C(F)(F)F)c1)C1=NN(C)N(C)N1C)N(C)Cc1nccn1C. The second-order valence-corrected chi connectivity index (χ2v) is 11.4. The van der Waals surface area contributed by atoms with Crippen LogP contribution in [0.2, 0.25) is 0 Å². The molecule has 0 N–H and O–H groups in total. The molecule has 3 aromatic rings. The molecule has 1 unspecified atom stereocenters. The predicted octanol–water partition coefficient (Wildman–Crippen LogP) is 6.97. The summed E-state index contributed by atoms with van der Waals surface area (Å²) in [4.78, 5) is 7.61. The van der Waals surface area contributed by atoms with Gasteiger partial charge in [0.15, 0.2) is 0 Å². The van der Waals surface area contributed by atoms with Crippen molar-refractivity contribution in [1.82, 2.24) is 34.6 Å². The minimum Gasteiger partial charge on any atom is -0.337 e. The van der Waals surface area contributed by atoms with Crippen molar-refractivity contribution in [3.05, 3.63) is 88.0 Å². The van der Waals surface area contributed by atoms with Crippen LogP contribution in [-0.4, -0.2) is 68.7 Å². The molecule has 2 heterocycles. The summed E-state index contributed by atoms with van der Waals surface area (Å²) in [5, 5.41) is 8.75. The number of hydrogen-bond acceptors (Lipinski definition) is 7. The van der Waals surface area contributed by atoms with E-state index in [1.54, 1.807) is 40.6 Å². The van der Waals surface area contributed by atoms with Crippen LogP contribution in [0.4, 0.5) is 39.5 Å². The molecule has 0 amide bonds. The third-order valence-corrected chi connectivity index (χ3v) is 8.10. The van der Waals surface area contributed by atoms with Crippen LogP contribution in [-0.2, 0) is 45.2 Å². The molecule has 47 heavy (non-hydrogen) atoms. The fourth-order valence-electron chi connectivity index (χ4n) is 5.48. The molecule has 8 nitrogen and oxygen atoms in total. The first-order valence-corrected chi connectivity index (χ1v) is 14.4. The van der Waals surface area contributed by atoms with E-state index >= 15 is 0 Å². The van der Waals surface area contributed by atoms with E-state index in [-0.39, 0.29) is 29.7 Å². The molecular weight excluding hydrogens is 643 g/mol. The molecule has 0 saturated carbocycles. The van der Waals surface area contributed by atoms with E-state index in [1.165, 1.54) is 26.2 Å². The molecule has 0 fully saturated rings. The number of hydrogen-bond donors (Lipinski definition) is 0. The minimum absolute atomic E-state index is 0.0305. The van der Waals surface area contributed by atoms with Gasteiger partial charge in [0, 0.05) is 59.7 Å². The van der Waals surface area contributed by atoms with Gasteiger partial charge < -0.3 is 9.47 Å². The van der Waals surface area contributed by atoms with Crippen LogP contribution in [0.5, 0.6) is 0 Å². The number of guanidine groups is 1. The van der Waals surface area contributed by atoms with E-state index in [9.17, 15) is 39.5 Å². The molecular formula is C30H35F9N8. The van der Waals surface area contributed by atoms with Crippen LogP contribution in [0.25, 0.3) is 0 Å². The summed E-state index contributed by atoms with van der Waals surface area (Å²) < 4.78 is 126. The zero-order valence-electron chi connectivity index (χ0n) is 26.5. The molecule has 17 heteroatoms. The third-order valence-electron chi connectivity index (χ3n) is 8.10. The molecule has 1 aliphatic rings. The lowest BCUT2D eigenvalue weighted by Gasteiger charge is -2.34. The van der Waals surface area contributed by atoms with E-state index < -0.39 is 47.8 Å². The highest BCUT2D eigenvalue weighted by Gasteiger charge is 2.38. The third kappa shape index (κ3) is 8.12. The highest BCUT2D eigenvalue weighted by molar-refractivity contribution is 5.80. The van der Waals surface area contributed by atoms with E-state index in [2.05, 4.69) is 10.1 Å². The summed E-state index contributed by atoms with van der Waals surface area (Å²) in [7, 11) is 8.33. The monoisotopic (exact) mass is 678 g/mol. The molecule has 0 saturated heterocycles. The predicted molar refractivity (Wildman–Crippen MR) is 156 cm³/mol. The van der Waals surface area contributed by atoms with Gasteiger partial charge >= 0.3 is 18.5 Å². The number of halogens is 9. The Bertz CT molecular complexity index is 1550. The Labute approximate surface area is 266 Å². The van der Waals surface area contributed by atoms with Gasteiger partial charge in [-0.2, -0.15) is 39.5 Å². The van der Waals surface area contributed by atoms with Crippen molar-refractivity contribution < 1.29 is 39.5 Å². The number of aryl methyl sites for hydroxylation is 1. The molecule has 0 bridgehead atoms. The van der Waals surface area contributed by atoms with Crippen molar-refractivity contribution in [3.63, 3.8) is 0 Å². The van der Waals surface area contributed by atoms with Gasteiger partial charge in [-0.1, -0.05) is 13.0 Å². The highest BCUT2D eigenvalue weighted by atomic mass is 19.4. The van der Waals surface area contributed by atoms with Crippen molar-refractivity contribution in [3.8, 4) is 0 Å². The van der Waals surface area contributed by atoms with Crippen LogP contribution in [0.15, 0.2) is 53.9 Å². The second-order valence-electron chi connectivity index (χ2n) is 11.4. The van der Waals surface area contributed by atoms with Crippen molar-refractivity contribution in [2.75, 3.05) is 28.2 Å². The fourth-order valence-corrected chi connectivity index (χ4v) is 5.48. The Balaban J connectivity index is 1.84. The Hall–Kier alpha value is -3.99. The first kappa shape index (κ1) is 35.9. The average Bonchev–Trinajstić information content (AvgIpc) is 3.48. The van der Waals surface area contributed by atoms with Gasteiger partial charge in [0.25, 0.3) is 0 Å². The summed E-state index contributed by atoms with van der Waals surface area (Å²) in [6.07, 6.45) is -11.0. The van der Waals surface area contributed by atoms with Crippen LogP contribution in [0.1, 0.15) is 58.6 Å². The number of alkyl halides is 9. The van der Waals surface area contributed by atoms with E-state index in [0.29, 0.717) is 36.5 Å². The summed E-state index contributed by atoms with van der Waals surface area (Å²) in [6, 6.07) is 4.11. The first-order chi connectivity index (χ1) is 21.7. The Kier molecular flexibility index (Phi) is 10.1. The van der Waals surface area contributed by atoms with Gasteiger partial charge in [-0.25, -0.2) is 10.1 Å². The van der Waals surface area contributed by atoms with Crippen molar-refractivity contribution in [2.24, 2.45) is 12.1 Å². The van der Waals surface area contributed by atoms with Crippen LogP contribution in [0.3, 0.4) is 0 Å². The van der Waals surface area contributed by atoms with Gasteiger partial charge in [-0.3, -0.25) is 9.91 Å². The summed E-state index contributed by atoms with van der Waals surface area (Å²) in [6.45, 7) is 1.35. The van der Waals surface area contributed by atoms with Gasteiger partial charge in [0.2, 0.25) is 5.96 Å². The van der Waals surface area contributed by atoms with Gasteiger partial charge in [-0.05, 0) is 60.5 Å². The smallest absolute Gasteiger partial charge is 0.337 e. The maximum atomic E-state index is 14.0.